The molecule has 2 unspecified atom stereocenters. The minimum Gasteiger partial charge on any atom is -0.312 e. The summed E-state index contributed by atoms with van der Waals surface area (Å²) in [5, 5.41) is 3.58. The number of fused-ring (bicyclic) bond motifs is 1. The standard InChI is InChI=1S/C18H30N2/c1-18(2,3)13-20(5)16-12-8-10-14-9-6-7-11-15(14)17(16)19-4/h6-7,9,11,16-17,19H,8,10,12-13H2,1-5H3. The van der Waals surface area contributed by atoms with Crippen LogP contribution in [0.15, 0.2) is 24.3 Å². The Morgan fingerprint density at radius 2 is 1.95 bits per heavy atom. The van der Waals surface area contributed by atoms with Gasteiger partial charge in [-0.25, -0.2) is 0 Å². The van der Waals surface area contributed by atoms with E-state index < -0.39 is 0 Å². The summed E-state index contributed by atoms with van der Waals surface area (Å²) in [5.74, 6) is 0. The van der Waals surface area contributed by atoms with Crippen LogP contribution in [0.5, 0.6) is 0 Å². The number of nitrogens with zero attached hydrogens (tertiary/aromatic N) is 1. The minimum absolute atomic E-state index is 0.346. The number of nitrogens with one attached hydrogen (secondary N) is 1. The van der Waals surface area contributed by atoms with E-state index in [1.54, 1.807) is 0 Å². The summed E-state index contributed by atoms with van der Waals surface area (Å²) in [6.45, 7) is 8.10. The van der Waals surface area contributed by atoms with E-state index in [-0.39, 0.29) is 0 Å². The van der Waals surface area contributed by atoms with Crippen molar-refractivity contribution in [2.45, 2.75) is 52.1 Å². The third-order valence-corrected chi connectivity index (χ3v) is 4.32. The Labute approximate surface area is 124 Å². The first-order valence-corrected chi connectivity index (χ1v) is 7.88. The van der Waals surface area contributed by atoms with Gasteiger partial charge in [0.2, 0.25) is 0 Å². The van der Waals surface area contributed by atoms with Gasteiger partial charge in [-0.3, -0.25) is 0 Å². The quantitative estimate of drug-likeness (QED) is 0.847. The van der Waals surface area contributed by atoms with Crippen LogP contribution < -0.4 is 5.32 Å². The van der Waals surface area contributed by atoms with Crippen LogP contribution >= 0.6 is 0 Å². The molecule has 0 heterocycles. The molecule has 0 fully saturated rings. The summed E-state index contributed by atoms with van der Waals surface area (Å²) in [6.07, 6.45) is 3.77. The number of hydrogen-bond donors (Lipinski definition) is 1. The second-order valence-corrected chi connectivity index (χ2v) is 7.40. The number of hydrogen-bond acceptors (Lipinski definition) is 2. The Morgan fingerprint density at radius 3 is 2.60 bits per heavy atom. The van der Waals surface area contributed by atoms with Gasteiger partial charge in [0.15, 0.2) is 0 Å². The van der Waals surface area contributed by atoms with Crippen LogP contribution in [-0.4, -0.2) is 31.6 Å². The van der Waals surface area contributed by atoms with Crippen molar-refractivity contribution in [1.29, 1.82) is 0 Å². The van der Waals surface area contributed by atoms with Gasteiger partial charge in [0.25, 0.3) is 0 Å². The molecule has 0 aliphatic heterocycles. The smallest absolute Gasteiger partial charge is 0.0478 e. The summed E-state index contributed by atoms with van der Waals surface area (Å²) in [7, 11) is 4.39. The van der Waals surface area contributed by atoms with Crippen LogP contribution in [0.25, 0.3) is 0 Å². The van der Waals surface area contributed by atoms with Crippen molar-refractivity contribution < 1.29 is 0 Å². The predicted octanol–water partition coefficient (Wildman–Crippen LogP) is 3.63. The van der Waals surface area contributed by atoms with Crippen LogP contribution in [0.3, 0.4) is 0 Å². The summed E-state index contributed by atoms with van der Waals surface area (Å²) < 4.78 is 0. The fraction of sp³-hybridized carbons (Fsp3) is 0.667. The monoisotopic (exact) mass is 274 g/mol. The number of aryl methyl sites for hydroxylation is 1. The Balaban J connectivity index is 2.25. The summed E-state index contributed by atoms with van der Waals surface area (Å²) in [6, 6.07) is 9.98. The SMILES string of the molecule is CNC1c2ccccc2CCCC1N(C)CC(C)(C)C. The zero-order chi connectivity index (χ0) is 14.8. The van der Waals surface area contributed by atoms with Gasteiger partial charge in [-0.15, -0.1) is 0 Å². The third-order valence-electron chi connectivity index (χ3n) is 4.32. The number of rotatable bonds is 3. The molecule has 20 heavy (non-hydrogen) atoms. The molecule has 112 valence electrons. The van der Waals surface area contributed by atoms with E-state index in [0.717, 1.165) is 6.54 Å². The van der Waals surface area contributed by atoms with Crippen molar-refractivity contribution in [2.75, 3.05) is 20.6 Å². The average Bonchev–Trinajstić information content (AvgIpc) is 2.55. The van der Waals surface area contributed by atoms with Crippen LogP contribution in [0.4, 0.5) is 0 Å². The lowest BCUT2D eigenvalue weighted by molar-refractivity contribution is 0.137. The van der Waals surface area contributed by atoms with Gasteiger partial charge in [-0.05, 0) is 49.9 Å². The lowest BCUT2D eigenvalue weighted by Crippen LogP contribution is -2.44. The third kappa shape index (κ3) is 3.62. The van der Waals surface area contributed by atoms with Gasteiger partial charge in [-0.1, -0.05) is 45.0 Å². The summed E-state index contributed by atoms with van der Waals surface area (Å²) in [4.78, 5) is 2.56. The molecule has 0 radical (unpaired) electrons. The zero-order valence-electron chi connectivity index (χ0n) is 13.7. The molecule has 1 aromatic carbocycles. The molecule has 2 atom stereocenters. The number of benzene rings is 1. The molecule has 0 saturated carbocycles. The van der Waals surface area contributed by atoms with Gasteiger partial charge in [0, 0.05) is 18.6 Å². The molecule has 0 amide bonds. The molecule has 1 N–H and O–H groups in total. The Bertz CT molecular complexity index is 433. The second-order valence-electron chi connectivity index (χ2n) is 7.40. The summed E-state index contributed by atoms with van der Waals surface area (Å²) in [5.41, 5.74) is 3.37. The van der Waals surface area contributed by atoms with E-state index in [9.17, 15) is 0 Å². The first-order chi connectivity index (χ1) is 9.42. The van der Waals surface area contributed by atoms with Crippen LogP contribution in [0.2, 0.25) is 0 Å². The maximum atomic E-state index is 3.58. The van der Waals surface area contributed by atoms with Crippen molar-refractivity contribution in [2.24, 2.45) is 5.41 Å². The highest BCUT2D eigenvalue weighted by Gasteiger charge is 2.30. The highest BCUT2D eigenvalue weighted by atomic mass is 15.2. The largest absolute Gasteiger partial charge is 0.312 e. The molecule has 0 bridgehead atoms. The average molecular weight is 274 g/mol. The van der Waals surface area contributed by atoms with E-state index >= 15 is 0 Å². The lowest BCUT2D eigenvalue weighted by atomic mass is 9.91. The first-order valence-electron chi connectivity index (χ1n) is 7.88. The molecule has 0 spiro atoms. The molecule has 0 aromatic heterocycles. The second kappa shape index (κ2) is 6.28. The molecule has 2 nitrogen and oxygen atoms in total. The van der Waals surface area contributed by atoms with Crippen molar-refractivity contribution >= 4 is 0 Å². The van der Waals surface area contributed by atoms with Crippen LogP contribution in [0.1, 0.15) is 50.8 Å². The number of likely N-dealkylation sites (N-methyl/N-ethyl adjacent to an activating group) is 2. The van der Waals surface area contributed by atoms with E-state index in [4.69, 9.17) is 0 Å². The minimum atomic E-state index is 0.346. The first kappa shape index (κ1) is 15.5. The van der Waals surface area contributed by atoms with Gasteiger partial charge in [0.1, 0.15) is 0 Å². The predicted molar refractivity (Wildman–Crippen MR) is 87.1 cm³/mol. The lowest BCUT2D eigenvalue weighted by Gasteiger charge is -2.37. The molecule has 1 aromatic rings. The molecule has 1 aliphatic rings. The van der Waals surface area contributed by atoms with Gasteiger partial charge in [0.05, 0.1) is 0 Å². The molecular formula is C18H30N2. The van der Waals surface area contributed by atoms with Gasteiger partial charge in [-0.2, -0.15) is 0 Å². The summed E-state index contributed by atoms with van der Waals surface area (Å²) >= 11 is 0. The maximum Gasteiger partial charge on any atom is 0.0478 e. The molecule has 1 aliphatic carbocycles. The molecular weight excluding hydrogens is 244 g/mol. The zero-order valence-corrected chi connectivity index (χ0v) is 13.7. The van der Waals surface area contributed by atoms with Crippen LogP contribution in [0, 0.1) is 5.41 Å². The van der Waals surface area contributed by atoms with Gasteiger partial charge >= 0.3 is 0 Å². The fourth-order valence-corrected chi connectivity index (χ4v) is 3.63. The highest BCUT2D eigenvalue weighted by Crippen LogP contribution is 2.32. The molecule has 2 heteroatoms. The Hall–Kier alpha value is -0.860. The van der Waals surface area contributed by atoms with Crippen molar-refractivity contribution in [3.8, 4) is 0 Å². The molecule has 2 rings (SSSR count). The fourth-order valence-electron chi connectivity index (χ4n) is 3.63. The molecule has 0 saturated heterocycles. The van der Waals surface area contributed by atoms with Crippen molar-refractivity contribution in [3.05, 3.63) is 35.4 Å². The van der Waals surface area contributed by atoms with Crippen molar-refractivity contribution in [1.82, 2.24) is 10.2 Å². The van der Waals surface area contributed by atoms with Crippen molar-refractivity contribution in [3.63, 3.8) is 0 Å². The van der Waals surface area contributed by atoms with Gasteiger partial charge < -0.3 is 10.2 Å². The van der Waals surface area contributed by atoms with E-state index in [0.29, 0.717) is 17.5 Å². The van der Waals surface area contributed by atoms with Crippen LogP contribution in [-0.2, 0) is 6.42 Å². The normalized spacial score (nSPS) is 23.5. The van der Waals surface area contributed by atoms with E-state index in [1.165, 1.54) is 30.4 Å². The van der Waals surface area contributed by atoms with E-state index in [1.807, 2.05) is 0 Å². The Morgan fingerprint density at radius 1 is 1.25 bits per heavy atom. The van der Waals surface area contributed by atoms with E-state index in [2.05, 4.69) is 69.3 Å². The Kier molecular flexibility index (Phi) is 4.87. The maximum absolute atomic E-state index is 3.58. The topological polar surface area (TPSA) is 15.3 Å². The highest BCUT2D eigenvalue weighted by molar-refractivity contribution is 5.32.